The smallest absolute Gasteiger partial charge is 0.461 e. The van der Waals surface area contributed by atoms with Crippen molar-refractivity contribution in [2.75, 3.05) is 20.8 Å². The van der Waals surface area contributed by atoms with Crippen molar-refractivity contribution in [2.24, 2.45) is 0 Å². The van der Waals surface area contributed by atoms with Gasteiger partial charge in [0.2, 0.25) is 0 Å². The highest BCUT2D eigenvalue weighted by Gasteiger charge is 2.50. The Kier molecular flexibility index (Phi) is 7.90. The van der Waals surface area contributed by atoms with Crippen LogP contribution >= 0.6 is 0 Å². The fourth-order valence-electron chi connectivity index (χ4n) is 2.19. The fraction of sp³-hybridized carbons (Fsp3) is 0.875. The third-order valence-electron chi connectivity index (χ3n) is 4.30. The molecular weight excluding hydrogens is 283 g/mol. The lowest BCUT2D eigenvalue weighted by Crippen LogP contribution is -2.41. The second kappa shape index (κ2) is 8.92. The maximum Gasteiger partial charge on any atom is 0.461 e. The standard InChI is InChI=1S/C16H31BO5/c1-15(2)16(3,4)22-17(21-15)11-9-13-20-12-8-7-10-14(18-5)19-6/h9,13-14H,7-8,10-12H2,1-6H3/b13-9-. The predicted octanol–water partition coefficient (Wildman–Crippen LogP) is 3.40. The molecule has 0 aromatic rings. The molecule has 0 bridgehead atoms. The number of ether oxygens (including phenoxy) is 3. The van der Waals surface area contributed by atoms with Crippen molar-refractivity contribution in [1.29, 1.82) is 0 Å². The minimum atomic E-state index is -0.272. The molecule has 1 heterocycles. The molecule has 128 valence electrons. The monoisotopic (exact) mass is 314 g/mol. The summed E-state index contributed by atoms with van der Waals surface area (Å²) in [6.07, 6.45) is 7.14. The van der Waals surface area contributed by atoms with Crippen LogP contribution in [0.5, 0.6) is 0 Å². The third-order valence-corrected chi connectivity index (χ3v) is 4.30. The molecule has 5 nitrogen and oxygen atoms in total. The van der Waals surface area contributed by atoms with E-state index in [-0.39, 0.29) is 24.6 Å². The first kappa shape index (κ1) is 19.5. The van der Waals surface area contributed by atoms with Gasteiger partial charge >= 0.3 is 7.12 Å². The van der Waals surface area contributed by atoms with Crippen LogP contribution in [-0.2, 0) is 23.5 Å². The molecule has 0 spiro atoms. The van der Waals surface area contributed by atoms with Gasteiger partial charge in [0.1, 0.15) is 0 Å². The van der Waals surface area contributed by atoms with Gasteiger partial charge in [-0.1, -0.05) is 6.08 Å². The van der Waals surface area contributed by atoms with E-state index in [0.717, 1.165) is 19.3 Å². The van der Waals surface area contributed by atoms with Crippen LogP contribution in [0.2, 0.25) is 6.32 Å². The van der Waals surface area contributed by atoms with Crippen LogP contribution in [0.25, 0.3) is 0 Å². The first-order valence-electron chi connectivity index (χ1n) is 8.00. The van der Waals surface area contributed by atoms with Gasteiger partial charge in [-0.2, -0.15) is 0 Å². The molecule has 1 aliphatic heterocycles. The SMILES string of the molecule is COC(CCCCO/C=C\CB1OC(C)(C)C(C)(C)O1)OC. The zero-order valence-corrected chi connectivity index (χ0v) is 14.9. The van der Waals surface area contributed by atoms with Gasteiger partial charge in [0, 0.05) is 20.5 Å². The molecule has 1 rings (SSSR count). The quantitative estimate of drug-likeness (QED) is 0.268. The summed E-state index contributed by atoms with van der Waals surface area (Å²) in [7, 11) is 3.11. The maximum atomic E-state index is 5.90. The van der Waals surface area contributed by atoms with Crippen LogP contribution in [0.4, 0.5) is 0 Å². The second-order valence-corrected chi connectivity index (χ2v) is 6.56. The number of unbranched alkanes of at least 4 members (excludes halogenated alkanes) is 1. The Balaban J connectivity index is 2.08. The maximum absolute atomic E-state index is 5.90. The zero-order chi connectivity index (χ0) is 16.6. The van der Waals surface area contributed by atoms with Crippen LogP contribution in [0.15, 0.2) is 12.3 Å². The molecule has 0 saturated carbocycles. The Morgan fingerprint density at radius 3 is 2.14 bits per heavy atom. The highest BCUT2D eigenvalue weighted by molar-refractivity contribution is 6.46. The van der Waals surface area contributed by atoms with Crippen molar-refractivity contribution in [3.8, 4) is 0 Å². The van der Waals surface area contributed by atoms with Gasteiger partial charge in [-0.3, -0.25) is 0 Å². The molecule has 1 saturated heterocycles. The highest BCUT2D eigenvalue weighted by Crippen LogP contribution is 2.37. The van der Waals surface area contributed by atoms with E-state index in [4.69, 9.17) is 23.5 Å². The Bertz CT molecular complexity index is 323. The van der Waals surface area contributed by atoms with Crippen LogP contribution < -0.4 is 0 Å². The topological polar surface area (TPSA) is 46.2 Å². The molecule has 0 amide bonds. The Morgan fingerprint density at radius 1 is 1.00 bits per heavy atom. The van der Waals surface area contributed by atoms with Crippen LogP contribution in [-0.4, -0.2) is 45.4 Å². The van der Waals surface area contributed by atoms with Crippen LogP contribution in [0, 0.1) is 0 Å². The highest BCUT2D eigenvalue weighted by atomic mass is 16.7. The summed E-state index contributed by atoms with van der Waals surface area (Å²) in [5.41, 5.74) is -0.544. The van der Waals surface area contributed by atoms with Gasteiger partial charge in [0.05, 0.1) is 24.1 Å². The molecule has 22 heavy (non-hydrogen) atoms. The summed E-state index contributed by atoms with van der Waals surface area (Å²) in [5.74, 6) is 0. The molecule has 0 aromatic heterocycles. The first-order valence-corrected chi connectivity index (χ1v) is 8.00. The number of methoxy groups -OCH3 is 2. The minimum absolute atomic E-state index is 0.112. The molecule has 0 aromatic carbocycles. The lowest BCUT2D eigenvalue weighted by molar-refractivity contribution is -0.107. The van der Waals surface area contributed by atoms with Gasteiger partial charge in [-0.25, -0.2) is 0 Å². The fourth-order valence-corrected chi connectivity index (χ4v) is 2.19. The van der Waals surface area contributed by atoms with E-state index in [0.29, 0.717) is 12.9 Å². The Labute approximate surface area is 135 Å². The van der Waals surface area contributed by atoms with E-state index in [9.17, 15) is 0 Å². The number of rotatable bonds is 10. The van der Waals surface area contributed by atoms with Crippen LogP contribution in [0.1, 0.15) is 47.0 Å². The summed E-state index contributed by atoms with van der Waals surface area (Å²) >= 11 is 0. The van der Waals surface area contributed by atoms with Crippen molar-refractivity contribution >= 4 is 7.12 Å². The molecule has 0 N–H and O–H groups in total. The van der Waals surface area contributed by atoms with Crippen molar-refractivity contribution in [3.63, 3.8) is 0 Å². The molecule has 6 heteroatoms. The Morgan fingerprint density at radius 2 is 1.59 bits per heavy atom. The predicted molar refractivity (Wildman–Crippen MR) is 87.6 cm³/mol. The van der Waals surface area contributed by atoms with Gasteiger partial charge in [0.25, 0.3) is 0 Å². The molecule has 1 fully saturated rings. The van der Waals surface area contributed by atoms with E-state index in [1.165, 1.54) is 0 Å². The number of allylic oxidation sites excluding steroid dienone is 1. The average molecular weight is 314 g/mol. The summed E-state index contributed by atoms with van der Waals surface area (Å²) in [6, 6.07) is 0. The molecule has 0 unspecified atom stereocenters. The van der Waals surface area contributed by atoms with Crippen LogP contribution in [0.3, 0.4) is 0 Å². The van der Waals surface area contributed by atoms with E-state index in [1.807, 2.05) is 6.08 Å². The average Bonchev–Trinajstić information content (AvgIpc) is 2.65. The van der Waals surface area contributed by atoms with E-state index >= 15 is 0 Å². The van der Waals surface area contributed by atoms with Gasteiger partial charge in [-0.15, -0.1) is 0 Å². The molecule has 0 atom stereocenters. The zero-order valence-electron chi connectivity index (χ0n) is 14.9. The summed E-state index contributed by atoms with van der Waals surface area (Å²) in [4.78, 5) is 0. The Hall–Kier alpha value is -0.555. The van der Waals surface area contributed by atoms with Crippen molar-refractivity contribution in [1.82, 2.24) is 0 Å². The van der Waals surface area contributed by atoms with E-state index in [2.05, 4.69) is 27.7 Å². The van der Waals surface area contributed by atoms with E-state index in [1.54, 1.807) is 20.5 Å². The normalized spacial score (nSPS) is 20.2. The van der Waals surface area contributed by atoms with Gasteiger partial charge < -0.3 is 23.5 Å². The lowest BCUT2D eigenvalue weighted by atomic mass is 9.85. The van der Waals surface area contributed by atoms with Crippen molar-refractivity contribution in [3.05, 3.63) is 12.3 Å². The second-order valence-electron chi connectivity index (χ2n) is 6.56. The lowest BCUT2D eigenvalue weighted by Gasteiger charge is -2.32. The minimum Gasteiger partial charge on any atom is -0.502 e. The molecule has 1 aliphatic rings. The molecular formula is C16H31BO5. The third kappa shape index (κ3) is 5.91. The van der Waals surface area contributed by atoms with Crippen molar-refractivity contribution < 1.29 is 23.5 Å². The van der Waals surface area contributed by atoms with E-state index < -0.39 is 0 Å². The largest absolute Gasteiger partial charge is 0.502 e. The summed E-state index contributed by atoms with van der Waals surface area (Å²) < 4.78 is 27.5. The summed E-state index contributed by atoms with van der Waals surface area (Å²) in [5, 5.41) is 0. The number of hydrogen-bond donors (Lipinski definition) is 0. The summed E-state index contributed by atoms with van der Waals surface area (Å²) in [6.45, 7) is 8.92. The molecule has 0 aliphatic carbocycles. The van der Waals surface area contributed by atoms with Crippen molar-refractivity contribution in [2.45, 2.75) is 70.8 Å². The van der Waals surface area contributed by atoms with Gasteiger partial charge in [0.15, 0.2) is 6.29 Å². The first-order chi connectivity index (χ1) is 10.3. The van der Waals surface area contributed by atoms with Gasteiger partial charge in [-0.05, 0) is 47.0 Å². The molecule has 0 radical (unpaired) electrons. The number of hydrogen-bond acceptors (Lipinski definition) is 5.